The third kappa shape index (κ3) is 1.99. The molecule has 0 radical (unpaired) electrons. The molecule has 0 aliphatic carbocycles. The van der Waals surface area contributed by atoms with Crippen LogP contribution in [0.25, 0.3) is 10.7 Å². The van der Waals surface area contributed by atoms with Crippen LogP contribution in [0, 0.1) is 0 Å². The number of halogens is 1. The van der Waals surface area contributed by atoms with Crippen molar-refractivity contribution in [3.8, 4) is 10.7 Å². The van der Waals surface area contributed by atoms with Gasteiger partial charge in [-0.05, 0) is 17.9 Å². The standard InChI is InChI=1S/C10H11ClN2S/c11-4-2-6-13-7-5-12-10(13)9-3-1-8-14-9/h1,3,5,7-8H,2,4,6H2. The lowest BCUT2D eigenvalue weighted by molar-refractivity contribution is 0.689. The number of alkyl halides is 1. The third-order valence-corrected chi connectivity index (χ3v) is 3.12. The van der Waals surface area contributed by atoms with E-state index < -0.39 is 0 Å². The maximum absolute atomic E-state index is 5.66. The van der Waals surface area contributed by atoms with Crippen LogP contribution in [0.3, 0.4) is 0 Å². The average Bonchev–Trinajstić information content (AvgIpc) is 2.84. The maximum Gasteiger partial charge on any atom is 0.149 e. The summed E-state index contributed by atoms with van der Waals surface area (Å²) in [6, 6.07) is 4.13. The summed E-state index contributed by atoms with van der Waals surface area (Å²) in [6.45, 7) is 0.941. The summed E-state index contributed by atoms with van der Waals surface area (Å²) in [7, 11) is 0. The van der Waals surface area contributed by atoms with Gasteiger partial charge in [-0.15, -0.1) is 22.9 Å². The van der Waals surface area contributed by atoms with Crippen molar-refractivity contribution in [1.29, 1.82) is 0 Å². The predicted molar refractivity (Wildman–Crippen MR) is 60.9 cm³/mol. The summed E-state index contributed by atoms with van der Waals surface area (Å²) in [4.78, 5) is 5.55. The fourth-order valence-electron chi connectivity index (χ4n) is 1.35. The zero-order valence-corrected chi connectivity index (χ0v) is 9.26. The van der Waals surface area contributed by atoms with Gasteiger partial charge in [-0.25, -0.2) is 4.98 Å². The molecule has 14 heavy (non-hydrogen) atoms. The van der Waals surface area contributed by atoms with Gasteiger partial charge < -0.3 is 4.57 Å². The smallest absolute Gasteiger partial charge is 0.149 e. The summed E-state index contributed by atoms with van der Waals surface area (Å²) in [5.74, 6) is 1.74. The Morgan fingerprint density at radius 2 is 2.43 bits per heavy atom. The highest BCUT2D eigenvalue weighted by Gasteiger charge is 2.05. The van der Waals surface area contributed by atoms with Gasteiger partial charge >= 0.3 is 0 Å². The molecular weight excluding hydrogens is 216 g/mol. The van der Waals surface area contributed by atoms with Crippen LogP contribution in [0.1, 0.15) is 6.42 Å². The molecule has 0 spiro atoms. The van der Waals surface area contributed by atoms with Gasteiger partial charge in [0.25, 0.3) is 0 Å². The van der Waals surface area contributed by atoms with Crippen molar-refractivity contribution in [2.45, 2.75) is 13.0 Å². The van der Waals surface area contributed by atoms with Crippen LogP contribution < -0.4 is 0 Å². The van der Waals surface area contributed by atoms with E-state index in [-0.39, 0.29) is 0 Å². The zero-order chi connectivity index (χ0) is 9.80. The number of nitrogens with zero attached hydrogens (tertiary/aromatic N) is 2. The minimum absolute atomic E-state index is 0.696. The minimum Gasteiger partial charge on any atom is -0.330 e. The van der Waals surface area contributed by atoms with Gasteiger partial charge in [0.2, 0.25) is 0 Å². The predicted octanol–water partition coefficient (Wildman–Crippen LogP) is 3.24. The number of aryl methyl sites for hydroxylation is 1. The molecule has 0 aliphatic heterocycles. The van der Waals surface area contributed by atoms with E-state index in [1.807, 2.05) is 18.5 Å². The van der Waals surface area contributed by atoms with E-state index in [0.29, 0.717) is 5.88 Å². The second-order valence-corrected chi connectivity index (χ2v) is 4.29. The summed E-state index contributed by atoms with van der Waals surface area (Å²) < 4.78 is 2.15. The first-order valence-corrected chi connectivity index (χ1v) is 5.94. The van der Waals surface area contributed by atoms with Gasteiger partial charge in [0.15, 0.2) is 0 Å². The molecule has 0 unspecified atom stereocenters. The molecule has 0 aliphatic rings. The van der Waals surface area contributed by atoms with E-state index in [2.05, 4.69) is 21.0 Å². The average molecular weight is 227 g/mol. The Morgan fingerprint density at radius 3 is 3.14 bits per heavy atom. The van der Waals surface area contributed by atoms with Crippen LogP contribution in [0.15, 0.2) is 29.9 Å². The molecule has 0 saturated carbocycles. The Labute approximate surface area is 92.2 Å². The molecule has 0 atom stereocenters. The van der Waals surface area contributed by atoms with Crippen LogP contribution in [-0.2, 0) is 6.54 Å². The second kappa shape index (κ2) is 4.62. The van der Waals surface area contributed by atoms with Crippen molar-refractivity contribution in [2.24, 2.45) is 0 Å². The third-order valence-electron chi connectivity index (χ3n) is 1.99. The highest BCUT2D eigenvalue weighted by atomic mass is 35.5. The van der Waals surface area contributed by atoms with E-state index >= 15 is 0 Å². The molecule has 2 aromatic heterocycles. The lowest BCUT2D eigenvalue weighted by atomic mass is 10.4. The Kier molecular flexibility index (Phi) is 3.22. The molecule has 0 aromatic carbocycles. The highest BCUT2D eigenvalue weighted by Crippen LogP contribution is 2.22. The number of imidazole rings is 1. The lowest BCUT2D eigenvalue weighted by Crippen LogP contribution is -1.98. The number of hydrogen-bond donors (Lipinski definition) is 0. The lowest BCUT2D eigenvalue weighted by Gasteiger charge is -2.04. The molecule has 2 aromatic rings. The molecule has 74 valence electrons. The van der Waals surface area contributed by atoms with Crippen molar-refractivity contribution in [1.82, 2.24) is 9.55 Å². The van der Waals surface area contributed by atoms with Crippen LogP contribution in [0.2, 0.25) is 0 Å². The van der Waals surface area contributed by atoms with Gasteiger partial charge in [-0.2, -0.15) is 0 Å². The zero-order valence-electron chi connectivity index (χ0n) is 7.69. The monoisotopic (exact) mass is 226 g/mol. The van der Waals surface area contributed by atoms with Gasteiger partial charge in [0, 0.05) is 24.8 Å². The number of thiophene rings is 1. The Balaban J connectivity index is 2.22. The quantitative estimate of drug-likeness (QED) is 0.732. The van der Waals surface area contributed by atoms with E-state index in [1.165, 1.54) is 4.88 Å². The van der Waals surface area contributed by atoms with Crippen molar-refractivity contribution in [3.05, 3.63) is 29.9 Å². The first-order valence-electron chi connectivity index (χ1n) is 4.53. The first kappa shape index (κ1) is 9.74. The summed E-state index contributed by atoms with van der Waals surface area (Å²) in [5, 5.41) is 2.07. The normalized spacial score (nSPS) is 10.6. The molecule has 0 fully saturated rings. The van der Waals surface area contributed by atoms with Gasteiger partial charge in [0.05, 0.1) is 4.88 Å². The molecule has 2 nitrogen and oxygen atoms in total. The van der Waals surface area contributed by atoms with Crippen molar-refractivity contribution in [3.63, 3.8) is 0 Å². The first-order chi connectivity index (χ1) is 6.92. The van der Waals surface area contributed by atoms with E-state index in [1.54, 1.807) is 11.3 Å². The Morgan fingerprint density at radius 1 is 1.50 bits per heavy atom. The fraction of sp³-hybridized carbons (Fsp3) is 0.300. The van der Waals surface area contributed by atoms with Crippen molar-refractivity contribution in [2.75, 3.05) is 5.88 Å². The van der Waals surface area contributed by atoms with E-state index in [4.69, 9.17) is 11.6 Å². The summed E-state index contributed by atoms with van der Waals surface area (Å²) in [6.07, 6.45) is 4.82. The largest absolute Gasteiger partial charge is 0.330 e. The second-order valence-electron chi connectivity index (χ2n) is 2.96. The molecule has 2 heterocycles. The fourth-order valence-corrected chi connectivity index (χ4v) is 2.21. The highest BCUT2D eigenvalue weighted by molar-refractivity contribution is 7.13. The van der Waals surface area contributed by atoms with Crippen molar-refractivity contribution < 1.29 is 0 Å². The number of aromatic nitrogens is 2. The molecular formula is C10H11ClN2S. The number of rotatable bonds is 4. The molecule has 0 bridgehead atoms. The topological polar surface area (TPSA) is 17.8 Å². The molecule has 0 amide bonds. The SMILES string of the molecule is ClCCCn1ccnc1-c1cccs1. The van der Waals surface area contributed by atoms with Crippen LogP contribution in [-0.4, -0.2) is 15.4 Å². The summed E-state index contributed by atoms with van der Waals surface area (Å²) in [5.41, 5.74) is 0. The molecule has 2 rings (SSSR count). The number of hydrogen-bond acceptors (Lipinski definition) is 2. The Bertz CT molecular complexity index is 380. The summed E-state index contributed by atoms with van der Waals surface area (Å²) >= 11 is 7.38. The van der Waals surface area contributed by atoms with Crippen LogP contribution in [0.5, 0.6) is 0 Å². The molecule has 0 saturated heterocycles. The minimum atomic E-state index is 0.696. The van der Waals surface area contributed by atoms with Crippen molar-refractivity contribution >= 4 is 22.9 Å². The van der Waals surface area contributed by atoms with E-state index in [0.717, 1.165) is 18.8 Å². The molecule has 0 N–H and O–H groups in total. The van der Waals surface area contributed by atoms with Gasteiger partial charge in [-0.1, -0.05) is 6.07 Å². The van der Waals surface area contributed by atoms with Crippen LogP contribution in [0.4, 0.5) is 0 Å². The van der Waals surface area contributed by atoms with Gasteiger partial charge in [0.1, 0.15) is 5.82 Å². The Hall–Kier alpha value is -0.800. The molecule has 4 heteroatoms. The van der Waals surface area contributed by atoms with Crippen LogP contribution >= 0.6 is 22.9 Å². The maximum atomic E-state index is 5.66. The van der Waals surface area contributed by atoms with E-state index in [9.17, 15) is 0 Å². The van der Waals surface area contributed by atoms with Gasteiger partial charge in [-0.3, -0.25) is 0 Å².